The second-order valence-corrected chi connectivity index (χ2v) is 9.55. The molecule has 11 nitrogen and oxygen atoms in total. The molecule has 3 aromatic heterocycles. The zero-order chi connectivity index (χ0) is 27.4. The molecule has 0 aliphatic carbocycles. The number of aryl methyl sites for hydroxylation is 2. The highest BCUT2D eigenvalue weighted by molar-refractivity contribution is 7.99. The SMILES string of the molecule is COC(=N)c1cc(Nc2cc(C)nc(Sc3ccc(NC(=O)Nc4cccc5cccnc45)cc3C)n2)[nH]n1. The van der Waals surface area contributed by atoms with Crippen molar-refractivity contribution in [2.24, 2.45) is 0 Å². The van der Waals surface area contributed by atoms with E-state index in [0.717, 1.165) is 27.1 Å². The largest absolute Gasteiger partial charge is 0.480 e. The zero-order valence-electron chi connectivity index (χ0n) is 21.4. The van der Waals surface area contributed by atoms with E-state index < -0.39 is 0 Å². The molecule has 0 radical (unpaired) electrons. The standard InChI is InChI=1S/C27H25N9O2S/c1-15-12-18(31-26(37)32-19-8-4-6-17-7-5-11-29-24(17)19)9-10-21(15)39-27-30-16(2)13-22(34-27)33-23-14-20(35-36-23)25(28)38-3/h4-14,28H,1-3H3,(H2,31,32,37)(H2,30,33,34,35,36). The maximum absolute atomic E-state index is 12.7. The molecule has 0 spiro atoms. The molecule has 39 heavy (non-hydrogen) atoms. The Hall–Kier alpha value is -4.97. The van der Waals surface area contributed by atoms with E-state index in [0.29, 0.717) is 33.9 Å². The lowest BCUT2D eigenvalue weighted by atomic mass is 10.2. The number of nitrogens with zero attached hydrogens (tertiary/aromatic N) is 4. The van der Waals surface area contributed by atoms with Gasteiger partial charge in [-0.25, -0.2) is 14.8 Å². The summed E-state index contributed by atoms with van der Waals surface area (Å²) in [5, 5.41) is 25.0. The molecule has 0 saturated heterocycles. The second-order valence-electron chi connectivity index (χ2n) is 8.54. The fourth-order valence-corrected chi connectivity index (χ4v) is 4.71. The summed E-state index contributed by atoms with van der Waals surface area (Å²) >= 11 is 1.42. The van der Waals surface area contributed by atoms with E-state index in [9.17, 15) is 4.79 Å². The molecule has 0 unspecified atom stereocenters. The number of urea groups is 1. The van der Waals surface area contributed by atoms with Gasteiger partial charge in [-0.2, -0.15) is 5.10 Å². The first-order valence-electron chi connectivity index (χ1n) is 11.9. The van der Waals surface area contributed by atoms with E-state index in [4.69, 9.17) is 10.1 Å². The number of rotatable bonds is 7. The Labute approximate surface area is 228 Å². The summed E-state index contributed by atoms with van der Waals surface area (Å²) in [4.78, 5) is 27.2. The van der Waals surface area contributed by atoms with Gasteiger partial charge in [0.25, 0.3) is 0 Å². The fourth-order valence-electron chi connectivity index (χ4n) is 3.83. The monoisotopic (exact) mass is 539 g/mol. The maximum Gasteiger partial charge on any atom is 0.323 e. The van der Waals surface area contributed by atoms with Gasteiger partial charge in [-0.05, 0) is 61.5 Å². The number of amides is 2. The van der Waals surface area contributed by atoms with Crippen LogP contribution in [0.1, 0.15) is 17.0 Å². The van der Waals surface area contributed by atoms with Crippen molar-refractivity contribution >= 4 is 57.6 Å². The first-order chi connectivity index (χ1) is 18.9. The van der Waals surface area contributed by atoms with E-state index in [1.807, 2.05) is 68.4 Å². The van der Waals surface area contributed by atoms with E-state index in [-0.39, 0.29) is 11.9 Å². The molecule has 5 rings (SSSR count). The van der Waals surface area contributed by atoms with Crippen LogP contribution in [0.2, 0.25) is 0 Å². The molecule has 0 saturated carbocycles. The molecule has 12 heteroatoms. The van der Waals surface area contributed by atoms with Crippen LogP contribution in [-0.4, -0.2) is 44.2 Å². The first kappa shape index (κ1) is 25.7. The van der Waals surface area contributed by atoms with Crippen molar-refractivity contribution in [1.29, 1.82) is 5.41 Å². The van der Waals surface area contributed by atoms with Crippen LogP contribution in [0.3, 0.4) is 0 Å². The van der Waals surface area contributed by atoms with Gasteiger partial charge in [-0.15, -0.1) is 0 Å². The van der Waals surface area contributed by atoms with Crippen molar-refractivity contribution in [3.8, 4) is 0 Å². The third kappa shape index (κ3) is 6.13. The van der Waals surface area contributed by atoms with Crippen molar-refractivity contribution in [3.63, 3.8) is 0 Å². The van der Waals surface area contributed by atoms with Crippen LogP contribution in [-0.2, 0) is 4.74 Å². The van der Waals surface area contributed by atoms with Gasteiger partial charge in [0.1, 0.15) is 17.3 Å². The Morgan fingerprint density at radius 2 is 1.87 bits per heavy atom. The van der Waals surface area contributed by atoms with Gasteiger partial charge in [0, 0.05) is 40.0 Å². The minimum absolute atomic E-state index is 0.0362. The average molecular weight is 540 g/mol. The van der Waals surface area contributed by atoms with Crippen molar-refractivity contribution in [3.05, 3.63) is 83.8 Å². The third-order valence-corrected chi connectivity index (χ3v) is 6.67. The Bertz CT molecular complexity index is 1680. The highest BCUT2D eigenvalue weighted by Crippen LogP contribution is 2.31. The van der Waals surface area contributed by atoms with Crippen molar-refractivity contribution in [2.45, 2.75) is 23.9 Å². The number of hydrogen-bond donors (Lipinski definition) is 5. The summed E-state index contributed by atoms with van der Waals surface area (Å²) in [6, 6.07) is 18.2. The number of carbonyl (C=O) groups excluding carboxylic acids is 1. The van der Waals surface area contributed by atoms with Gasteiger partial charge in [-0.1, -0.05) is 18.2 Å². The molecule has 2 amide bonds. The summed E-state index contributed by atoms with van der Waals surface area (Å²) in [6.45, 7) is 3.85. The summed E-state index contributed by atoms with van der Waals surface area (Å²) in [6.07, 6.45) is 1.70. The van der Waals surface area contributed by atoms with Crippen LogP contribution in [0.15, 0.2) is 76.9 Å². The number of ether oxygens (including phenoxy) is 1. The number of fused-ring (bicyclic) bond motifs is 1. The number of pyridine rings is 1. The van der Waals surface area contributed by atoms with Crippen LogP contribution in [0.4, 0.5) is 27.8 Å². The summed E-state index contributed by atoms with van der Waals surface area (Å²) < 4.78 is 4.90. The summed E-state index contributed by atoms with van der Waals surface area (Å²) in [7, 11) is 1.42. The fraction of sp³-hybridized carbons (Fsp3) is 0.111. The summed E-state index contributed by atoms with van der Waals surface area (Å²) in [5.74, 6) is 1.12. The zero-order valence-corrected chi connectivity index (χ0v) is 22.2. The number of benzene rings is 2. The molecule has 0 aliphatic heterocycles. The summed E-state index contributed by atoms with van der Waals surface area (Å²) in [5.41, 5.74) is 4.15. The molecular weight excluding hydrogens is 514 g/mol. The van der Waals surface area contributed by atoms with Crippen molar-refractivity contribution in [1.82, 2.24) is 25.1 Å². The highest BCUT2D eigenvalue weighted by Gasteiger charge is 2.12. The Balaban J connectivity index is 1.26. The minimum Gasteiger partial charge on any atom is -0.480 e. The molecule has 0 aliphatic rings. The number of nitrogens with one attached hydrogen (secondary N) is 5. The van der Waals surface area contributed by atoms with Gasteiger partial charge >= 0.3 is 6.03 Å². The lowest BCUT2D eigenvalue weighted by Crippen LogP contribution is -2.19. The Kier molecular flexibility index (Phi) is 7.37. The number of aromatic amines is 1. The van der Waals surface area contributed by atoms with Gasteiger partial charge in [0.05, 0.1) is 18.3 Å². The molecule has 0 bridgehead atoms. The topological polar surface area (TPSA) is 154 Å². The number of aromatic nitrogens is 5. The minimum atomic E-state index is -0.353. The number of methoxy groups -OCH3 is 1. The molecule has 3 heterocycles. The number of H-pyrrole nitrogens is 1. The smallest absolute Gasteiger partial charge is 0.323 e. The lowest BCUT2D eigenvalue weighted by Gasteiger charge is -2.12. The van der Waals surface area contributed by atoms with E-state index >= 15 is 0 Å². The molecule has 5 aromatic rings. The van der Waals surface area contributed by atoms with Crippen LogP contribution >= 0.6 is 11.8 Å². The van der Waals surface area contributed by atoms with Crippen LogP contribution in [0.5, 0.6) is 0 Å². The van der Waals surface area contributed by atoms with E-state index in [1.165, 1.54) is 18.9 Å². The lowest BCUT2D eigenvalue weighted by molar-refractivity contribution is 0.262. The predicted molar refractivity (Wildman–Crippen MR) is 152 cm³/mol. The Morgan fingerprint density at radius 1 is 1.03 bits per heavy atom. The molecular formula is C27H25N9O2S. The van der Waals surface area contributed by atoms with Crippen LogP contribution in [0.25, 0.3) is 10.9 Å². The van der Waals surface area contributed by atoms with Gasteiger partial charge in [-0.3, -0.25) is 15.5 Å². The third-order valence-electron chi connectivity index (χ3n) is 5.63. The van der Waals surface area contributed by atoms with Crippen molar-refractivity contribution in [2.75, 3.05) is 23.1 Å². The van der Waals surface area contributed by atoms with Crippen LogP contribution < -0.4 is 16.0 Å². The molecule has 196 valence electrons. The predicted octanol–water partition coefficient (Wildman–Crippen LogP) is 5.88. The quantitative estimate of drug-likeness (QED) is 0.0977. The van der Waals surface area contributed by atoms with E-state index in [1.54, 1.807) is 12.3 Å². The number of anilines is 4. The molecule has 0 fully saturated rings. The van der Waals surface area contributed by atoms with Crippen LogP contribution in [0, 0.1) is 19.3 Å². The number of carbonyl (C=O) groups is 1. The highest BCUT2D eigenvalue weighted by atomic mass is 32.2. The second kappa shape index (κ2) is 11.2. The molecule has 2 aromatic carbocycles. The van der Waals surface area contributed by atoms with Gasteiger partial charge in [0.15, 0.2) is 5.16 Å². The molecule has 0 atom stereocenters. The van der Waals surface area contributed by atoms with Crippen molar-refractivity contribution < 1.29 is 9.53 Å². The van der Waals surface area contributed by atoms with E-state index in [2.05, 4.69) is 41.1 Å². The normalized spacial score (nSPS) is 10.7. The number of hydrogen-bond acceptors (Lipinski definition) is 9. The first-order valence-corrected chi connectivity index (χ1v) is 12.7. The number of para-hydroxylation sites is 1. The average Bonchev–Trinajstić information content (AvgIpc) is 3.38. The van der Waals surface area contributed by atoms with Gasteiger partial charge in [0.2, 0.25) is 5.90 Å². The maximum atomic E-state index is 12.7. The van der Waals surface area contributed by atoms with Gasteiger partial charge < -0.3 is 20.7 Å². The Morgan fingerprint density at radius 3 is 2.69 bits per heavy atom. The molecule has 5 N–H and O–H groups in total.